The molecular weight excluding hydrogens is 428 g/mol. The van der Waals surface area contributed by atoms with Gasteiger partial charge in [-0.05, 0) is 42.8 Å². The second-order valence-corrected chi connectivity index (χ2v) is 7.87. The minimum atomic E-state index is -1.83. The molecule has 0 aromatic heterocycles. The van der Waals surface area contributed by atoms with Gasteiger partial charge in [-0.25, -0.2) is 13.6 Å². The number of hydrogen-bond donors (Lipinski definition) is 1. The van der Waals surface area contributed by atoms with Gasteiger partial charge in [0.2, 0.25) is 5.91 Å². The Bertz CT molecular complexity index is 1200. The number of hydrogen-bond acceptors (Lipinski definition) is 3. The molecule has 0 radical (unpaired) electrons. The zero-order valence-electron chi connectivity index (χ0n) is 17.8. The van der Waals surface area contributed by atoms with E-state index in [2.05, 4.69) is 5.32 Å². The zero-order valence-corrected chi connectivity index (χ0v) is 17.8. The van der Waals surface area contributed by atoms with E-state index in [-0.39, 0.29) is 12.1 Å². The molecule has 0 saturated carbocycles. The average Bonchev–Trinajstić information content (AvgIpc) is 3.04. The molecule has 4 amide bonds. The van der Waals surface area contributed by atoms with Crippen molar-refractivity contribution in [3.05, 3.63) is 102 Å². The highest BCUT2D eigenvalue weighted by Gasteiger charge is 2.51. The number of rotatable bonds is 6. The number of halogens is 2. The minimum absolute atomic E-state index is 0.225. The molecule has 1 saturated heterocycles. The first kappa shape index (κ1) is 22.1. The molecule has 1 atom stereocenters. The van der Waals surface area contributed by atoms with Crippen LogP contribution in [0.15, 0.2) is 78.9 Å². The van der Waals surface area contributed by atoms with Gasteiger partial charge >= 0.3 is 6.03 Å². The highest BCUT2D eigenvalue weighted by atomic mass is 19.1. The molecule has 0 aliphatic carbocycles. The lowest BCUT2D eigenvalue weighted by atomic mass is 9.91. The number of carbonyl (C=O) groups excluding carboxylic acids is 3. The van der Waals surface area contributed by atoms with Crippen molar-refractivity contribution in [2.24, 2.45) is 0 Å². The first-order valence-corrected chi connectivity index (χ1v) is 10.3. The molecule has 1 N–H and O–H groups in total. The zero-order chi connectivity index (χ0) is 23.6. The number of amides is 4. The molecule has 1 aliphatic heterocycles. The Morgan fingerprint density at radius 1 is 0.970 bits per heavy atom. The van der Waals surface area contributed by atoms with Gasteiger partial charge in [0.15, 0.2) is 0 Å². The second kappa shape index (κ2) is 8.82. The average molecular weight is 449 g/mol. The largest absolute Gasteiger partial charge is 0.325 e. The highest BCUT2D eigenvalue weighted by Crippen LogP contribution is 2.31. The maximum Gasteiger partial charge on any atom is 0.325 e. The minimum Gasteiger partial charge on any atom is -0.319 e. The summed E-state index contributed by atoms with van der Waals surface area (Å²) in [5.41, 5.74) is -0.684. The Kier molecular flexibility index (Phi) is 5.91. The van der Waals surface area contributed by atoms with Crippen LogP contribution in [0.1, 0.15) is 18.1 Å². The summed E-state index contributed by atoms with van der Waals surface area (Å²) in [5.74, 6) is -2.92. The van der Waals surface area contributed by atoms with E-state index >= 15 is 0 Å². The third kappa shape index (κ3) is 4.32. The van der Waals surface area contributed by atoms with E-state index in [1.54, 1.807) is 24.3 Å². The summed E-state index contributed by atoms with van der Waals surface area (Å²) in [6, 6.07) is 20.0. The van der Waals surface area contributed by atoms with Crippen LogP contribution in [0.4, 0.5) is 19.3 Å². The lowest BCUT2D eigenvalue weighted by Gasteiger charge is -2.26. The summed E-state index contributed by atoms with van der Waals surface area (Å²) in [4.78, 5) is 41.2. The van der Waals surface area contributed by atoms with Crippen LogP contribution in [0.25, 0.3) is 0 Å². The van der Waals surface area contributed by atoms with Gasteiger partial charge < -0.3 is 10.2 Å². The summed E-state index contributed by atoms with van der Waals surface area (Å²) in [5, 5.41) is 2.41. The first-order chi connectivity index (χ1) is 15.8. The van der Waals surface area contributed by atoms with Gasteiger partial charge in [-0.2, -0.15) is 0 Å². The molecule has 0 spiro atoms. The number of nitrogens with zero attached hydrogens (tertiary/aromatic N) is 2. The number of para-hydroxylation sites is 1. The highest BCUT2D eigenvalue weighted by molar-refractivity contribution is 6.10. The molecule has 3 aromatic rings. The molecule has 3 aromatic carbocycles. The number of nitrogens with one attached hydrogen (secondary N) is 1. The maximum atomic E-state index is 14.4. The van der Waals surface area contributed by atoms with Crippen molar-refractivity contribution in [1.82, 2.24) is 10.2 Å². The Morgan fingerprint density at radius 2 is 1.61 bits per heavy atom. The molecule has 33 heavy (non-hydrogen) atoms. The van der Waals surface area contributed by atoms with Gasteiger partial charge in [0.1, 0.15) is 23.7 Å². The fraction of sp³-hybridized carbons (Fsp3) is 0.160. The van der Waals surface area contributed by atoms with Crippen LogP contribution in [0.3, 0.4) is 0 Å². The topological polar surface area (TPSA) is 69.7 Å². The van der Waals surface area contributed by atoms with Crippen molar-refractivity contribution in [1.29, 1.82) is 0 Å². The fourth-order valence-electron chi connectivity index (χ4n) is 3.82. The molecule has 1 aliphatic rings. The van der Waals surface area contributed by atoms with Crippen LogP contribution in [0, 0.1) is 11.6 Å². The maximum absolute atomic E-state index is 14.4. The number of carbonyl (C=O) groups is 3. The van der Waals surface area contributed by atoms with E-state index in [4.69, 9.17) is 0 Å². The van der Waals surface area contributed by atoms with Crippen molar-refractivity contribution in [2.75, 3.05) is 11.4 Å². The van der Waals surface area contributed by atoms with Crippen molar-refractivity contribution in [3.8, 4) is 0 Å². The molecule has 6 nitrogen and oxygen atoms in total. The monoisotopic (exact) mass is 449 g/mol. The summed E-state index contributed by atoms with van der Waals surface area (Å²) in [7, 11) is 0. The van der Waals surface area contributed by atoms with Crippen LogP contribution in [-0.2, 0) is 21.7 Å². The normalized spacial score (nSPS) is 17.7. The van der Waals surface area contributed by atoms with E-state index < -0.39 is 41.6 Å². The van der Waals surface area contributed by atoms with Gasteiger partial charge in [0, 0.05) is 11.3 Å². The van der Waals surface area contributed by atoms with E-state index in [9.17, 15) is 23.2 Å². The van der Waals surface area contributed by atoms with Crippen molar-refractivity contribution in [2.45, 2.75) is 19.0 Å². The van der Waals surface area contributed by atoms with Gasteiger partial charge in [0.05, 0.1) is 6.54 Å². The van der Waals surface area contributed by atoms with E-state index in [1.807, 2.05) is 36.4 Å². The summed E-state index contributed by atoms with van der Waals surface area (Å²) >= 11 is 0. The number of benzene rings is 3. The van der Waals surface area contributed by atoms with Crippen LogP contribution >= 0.6 is 0 Å². The van der Waals surface area contributed by atoms with Gasteiger partial charge in [-0.3, -0.25) is 14.5 Å². The van der Waals surface area contributed by atoms with Gasteiger partial charge in [0.25, 0.3) is 5.91 Å². The SMILES string of the molecule is CC1(c2cc(F)ccc2F)NC(=O)N(CC(=O)N(Cc2ccccc2)c2ccccc2)C1=O. The quantitative estimate of drug-likeness (QED) is 0.579. The Labute approximate surface area is 189 Å². The number of anilines is 1. The van der Waals surface area contributed by atoms with Crippen LogP contribution < -0.4 is 10.2 Å². The van der Waals surface area contributed by atoms with Crippen molar-refractivity contribution >= 4 is 23.5 Å². The standard InChI is InChI=1S/C25H21F2N3O3/c1-25(20-14-18(26)12-13-21(20)27)23(32)30(24(33)28-25)16-22(31)29(19-10-6-3-7-11-19)15-17-8-4-2-5-9-17/h2-14H,15-16H2,1H3,(H,28,33). The van der Waals surface area contributed by atoms with Crippen LogP contribution in [-0.4, -0.2) is 29.3 Å². The molecular formula is C25H21F2N3O3. The van der Waals surface area contributed by atoms with Crippen molar-refractivity contribution in [3.63, 3.8) is 0 Å². The molecule has 0 bridgehead atoms. The molecule has 8 heteroatoms. The lowest BCUT2D eigenvalue weighted by Crippen LogP contribution is -2.44. The van der Waals surface area contributed by atoms with Crippen molar-refractivity contribution < 1.29 is 23.2 Å². The Hall–Kier alpha value is -4.07. The third-order valence-electron chi connectivity index (χ3n) is 5.59. The fourth-order valence-corrected chi connectivity index (χ4v) is 3.82. The van der Waals surface area contributed by atoms with Gasteiger partial charge in [-0.15, -0.1) is 0 Å². The summed E-state index contributed by atoms with van der Waals surface area (Å²) < 4.78 is 28.1. The third-order valence-corrected chi connectivity index (χ3v) is 5.59. The molecule has 1 fully saturated rings. The lowest BCUT2D eigenvalue weighted by molar-refractivity contribution is -0.134. The number of imide groups is 1. The first-order valence-electron chi connectivity index (χ1n) is 10.3. The second-order valence-electron chi connectivity index (χ2n) is 7.87. The summed E-state index contributed by atoms with van der Waals surface area (Å²) in [6.45, 7) is 0.955. The molecule has 4 rings (SSSR count). The van der Waals surface area contributed by atoms with Crippen LogP contribution in [0.2, 0.25) is 0 Å². The molecule has 1 heterocycles. The van der Waals surface area contributed by atoms with Crippen LogP contribution in [0.5, 0.6) is 0 Å². The summed E-state index contributed by atoms with van der Waals surface area (Å²) in [6.07, 6.45) is 0. The predicted octanol–water partition coefficient (Wildman–Crippen LogP) is 3.97. The smallest absolute Gasteiger partial charge is 0.319 e. The molecule has 168 valence electrons. The predicted molar refractivity (Wildman–Crippen MR) is 118 cm³/mol. The molecule has 1 unspecified atom stereocenters. The van der Waals surface area contributed by atoms with E-state index in [0.29, 0.717) is 5.69 Å². The van der Waals surface area contributed by atoms with Gasteiger partial charge in [-0.1, -0.05) is 48.5 Å². The van der Waals surface area contributed by atoms with E-state index in [1.165, 1.54) is 11.8 Å². The van der Waals surface area contributed by atoms with E-state index in [0.717, 1.165) is 28.7 Å². The Balaban J connectivity index is 1.61. The number of urea groups is 1. The Morgan fingerprint density at radius 3 is 2.27 bits per heavy atom.